The summed E-state index contributed by atoms with van der Waals surface area (Å²) in [6.07, 6.45) is 15.8. The first-order valence-corrected chi connectivity index (χ1v) is 9.69. The molecule has 1 saturated heterocycles. The Morgan fingerprint density at radius 2 is 1.71 bits per heavy atom. The maximum absolute atomic E-state index is 6.42. The molecule has 0 bridgehead atoms. The van der Waals surface area contributed by atoms with Crippen molar-refractivity contribution in [2.75, 3.05) is 19.6 Å². The summed E-state index contributed by atoms with van der Waals surface area (Å²) >= 11 is 0. The molecule has 2 N–H and O–H groups in total. The molecule has 0 aromatic heterocycles. The molecule has 2 nitrogen and oxygen atoms in total. The van der Waals surface area contributed by atoms with Gasteiger partial charge in [0.05, 0.1) is 0 Å². The fraction of sp³-hybridized carbons (Fsp3) is 1.00. The molecule has 2 saturated carbocycles. The predicted molar refractivity (Wildman–Crippen MR) is 90.3 cm³/mol. The van der Waals surface area contributed by atoms with E-state index in [-0.39, 0.29) is 0 Å². The van der Waals surface area contributed by atoms with E-state index in [4.69, 9.17) is 5.73 Å². The number of hydrogen-bond donors (Lipinski definition) is 1. The van der Waals surface area contributed by atoms with Crippen molar-refractivity contribution in [3.05, 3.63) is 0 Å². The lowest BCUT2D eigenvalue weighted by atomic mass is 9.68. The number of hydrogen-bond acceptors (Lipinski definition) is 2. The second kappa shape index (κ2) is 7.00. The first-order chi connectivity index (χ1) is 10.2. The van der Waals surface area contributed by atoms with Crippen LogP contribution in [0.3, 0.4) is 0 Å². The molecule has 0 amide bonds. The summed E-state index contributed by atoms with van der Waals surface area (Å²) in [5.74, 6) is 1.72. The molecular formula is C19H36N2. The van der Waals surface area contributed by atoms with Crippen LogP contribution in [0.2, 0.25) is 0 Å². The molecule has 122 valence electrons. The number of rotatable bonds is 3. The normalized spacial score (nSPS) is 37.7. The summed E-state index contributed by atoms with van der Waals surface area (Å²) in [4.78, 5) is 2.75. The molecule has 3 aliphatic rings. The van der Waals surface area contributed by atoms with Gasteiger partial charge in [0.2, 0.25) is 0 Å². The van der Waals surface area contributed by atoms with Gasteiger partial charge in [-0.25, -0.2) is 0 Å². The zero-order valence-electron chi connectivity index (χ0n) is 14.2. The standard InChI is InChI=1S/C19H36N2/c1-2-16-6-7-18(20)17(14-16)15-21-12-10-19(11-13-21)8-4-3-5-9-19/h16-18H,2-15,20H2,1H3. The van der Waals surface area contributed by atoms with Crippen LogP contribution in [0.5, 0.6) is 0 Å². The Morgan fingerprint density at radius 1 is 1.00 bits per heavy atom. The second-order valence-electron chi connectivity index (χ2n) is 8.37. The van der Waals surface area contributed by atoms with Crippen molar-refractivity contribution in [3.63, 3.8) is 0 Å². The monoisotopic (exact) mass is 292 g/mol. The Kier molecular flexibility index (Phi) is 5.27. The first-order valence-electron chi connectivity index (χ1n) is 9.69. The van der Waals surface area contributed by atoms with Crippen LogP contribution in [0.15, 0.2) is 0 Å². The minimum absolute atomic E-state index is 0.471. The third-order valence-electron chi connectivity index (χ3n) is 7.05. The predicted octanol–water partition coefficient (Wildman–Crippen LogP) is 4.19. The van der Waals surface area contributed by atoms with E-state index in [1.807, 2.05) is 0 Å². The van der Waals surface area contributed by atoms with Crippen molar-refractivity contribution in [3.8, 4) is 0 Å². The van der Waals surface area contributed by atoms with Crippen LogP contribution in [0, 0.1) is 17.3 Å². The minimum Gasteiger partial charge on any atom is -0.327 e. The van der Waals surface area contributed by atoms with Crippen LogP contribution in [-0.4, -0.2) is 30.6 Å². The maximum atomic E-state index is 6.42. The number of nitrogens with zero attached hydrogens (tertiary/aromatic N) is 1. The van der Waals surface area contributed by atoms with E-state index in [9.17, 15) is 0 Å². The molecule has 2 aliphatic carbocycles. The molecule has 3 fully saturated rings. The Labute approximate surface area is 131 Å². The summed E-state index contributed by atoms with van der Waals surface area (Å²) in [5, 5.41) is 0. The summed E-state index contributed by atoms with van der Waals surface area (Å²) in [6.45, 7) is 6.33. The van der Waals surface area contributed by atoms with E-state index in [2.05, 4.69) is 11.8 Å². The molecule has 1 aliphatic heterocycles. The molecular weight excluding hydrogens is 256 g/mol. The lowest BCUT2D eigenvalue weighted by Crippen LogP contribution is -2.47. The molecule has 1 spiro atoms. The van der Waals surface area contributed by atoms with E-state index < -0.39 is 0 Å². The van der Waals surface area contributed by atoms with E-state index in [0.29, 0.717) is 6.04 Å². The third kappa shape index (κ3) is 3.82. The largest absolute Gasteiger partial charge is 0.327 e. The zero-order valence-corrected chi connectivity index (χ0v) is 14.2. The van der Waals surface area contributed by atoms with Crippen molar-refractivity contribution in [2.24, 2.45) is 23.0 Å². The average Bonchev–Trinajstić information content (AvgIpc) is 2.53. The lowest BCUT2D eigenvalue weighted by Gasteiger charge is -2.46. The molecule has 0 aromatic carbocycles. The van der Waals surface area contributed by atoms with Crippen LogP contribution < -0.4 is 5.73 Å². The topological polar surface area (TPSA) is 29.3 Å². The van der Waals surface area contributed by atoms with Crippen LogP contribution in [0.4, 0.5) is 0 Å². The quantitative estimate of drug-likeness (QED) is 0.845. The molecule has 0 radical (unpaired) electrons. The van der Waals surface area contributed by atoms with Gasteiger partial charge in [-0.05, 0) is 75.3 Å². The molecule has 2 heteroatoms. The summed E-state index contributed by atoms with van der Waals surface area (Å²) in [5.41, 5.74) is 7.17. The van der Waals surface area contributed by atoms with Gasteiger partial charge in [-0.2, -0.15) is 0 Å². The fourth-order valence-electron chi connectivity index (χ4n) is 5.31. The Hall–Kier alpha value is -0.0800. The Morgan fingerprint density at radius 3 is 2.38 bits per heavy atom. The van der Waals surface area contributed by atoms with Gasteiger partial charge in [-0.15, -0.1) is 0 Å². The van der Waals surface area contributed by atoms with E-state index >= 15 is 0 Å². The highest BCUT2D eigenvalue weighted by Crippen LogP contribution is 2.44. The molecule has 3 atom stereocenters. The molecule has 3 rings (SSSR count). The fourth-order valence-corrected chi connectivity index (χ4v) is 5.31. The number of nitrogens with two attached hydrogens (primary N) is 1. The van der Waals surface area contributed by atoms with Gasteiger partial charge >= 0.3 is 0 Å². The second-order valence-corrected chi connectivity index (χ2v) is 8.37. The van der Waals surface area contributed by atoms with Crippen molar-refractivity contribution in [2.45, 2.75) is 83.6 Å². The highest BCUT2D eigenvalue weighted by molar-refractivity contribution is 4.90. The molecule has 1 heterocycles. The highest BCUT2D eigenvalue weighted by Gasteiger charge is 2.37. The molecule has 0 aromatic rings. The summed E-state index contributed by atoms with van der Waals surface area (Å²) in [6, 6.07) is 0.471. The van der Waals surface area contributed by atoms with Crippen LogP contribution in [0.1, 0.15) is 77.6 Å². The van der Waals surface area contributed by atoms with Gasteiger partial charge in [0, 0.05) is 12.6 Å². The Balaban J connectivity index is 1.48. The first kappa shape index (κ1) is 15.8. The summed E-state index contributed by atoms with van der Waals surface area (Å²) < 4.78 is 0. The van der Waals surface area contributed by atoms with Crippen molar-refractivity contribution >= 4 is 0 Å². The van der Waals surface area contributed by atoms with Crippen LogP contribution in [0.25, 0.3) is 0 Å². The van der Waals surface area contributed by atoms with Crippen molar-refractivity contribution in [1.29, 1.82) is 0 Å². The van der Waals surface area contributed by atoms with Gasteiger partial charge in [-0.3, -0.25) is 0 Å². The number of piperidine rings is 1. The summed E-state index contributed by atoms with van der Waals surface area (Å²) in [7, 11) is 0. The van der Waals surface area contributed by atoms with Gasteiger partial charge in [0.25, 0.3) is 0 Å². The van der Waals surface area contributed by atoms with E-state index in [1.54, 1.807) is 0 Å². The van der Waals surface area contributed by atoms with E-state index in [0.717, 1.165) is 17.3 Å². The average molecular weight is 293 g/mol. The number of likely N-dealkylation sites (tertiary alicyclic amines) is 1. The maximum Gasteiger partial charge on any atom is 0.00795 e. The van der Waals surface area contributed by atoms with Gasteiger partial charge in [0.15, 0.2) is 0 Å². The van der Waals surface area contributed by atoms with Crippen LogP contribution >= 0.6 is 0 Å². The Bertz CT molecular complexity index is 312. The molecule has 3 unspecified atom stereocenters. The van der Waals surface area contributed by atoms with Gasteiger partial charge in [0.1, 0.15) is 0 Å². The van der Waals surface area contributed by atoms with Gasteiger partial charge < -0.3 is 10.6 Å². The van der Waals surface area contributed by atoms with Crippen molar-refractivity contribution < 1.29 is 0 Å². The SMILES string of the molecule is CCC1CCC(N)C(CN2CCC3(CCCCC3)CC2)C1. The lowest BCUT2D eigenvalue weighted by molar-refractivity contribution is 0.0499. The zero-order chi connectivity index (χ0) is 14.7. The smallest absolute Gasteiger partial charge is 0.00795 e. The van der Waals surface area contributed by atoms with E-state index in [1.165, 1.54) is 90.3 Å². The third-order valence-corrected chi connectivity index (χ3v) is 7.05. The van der Waals surface area contributed by atoms with Crippen LogP contribution in [-0.2, 0) is 0 Å². The molecule has 21 heavy (non-hydrogen) atoms. The van der Waals surface area contributed by atoms with Crippen molar-refractivity contribution in [1.82, 2.24) is 4.90 Å². The minimum atomic E-state index is 0.471. The highest BCUT2D eigenvalue weighted by atomic mass is 15.1. The van der Waals surface area contributed by atoms with Gasteiger partial charge in [-0.1, -0.05) is 32.6 Å².